The number of anilines is 1. The number of allylic oxidation sites excluding steroid dienone is 1. The number of hydrogen-bond donors (Lipinski definition) is 1. The maximum absolute atomic E-state index is 13.6. The van der Waals surface area contributed by atoms with E-state index in [1.807, 2.05) is 36.4 Å². The Morgan fingerprint density at radius 2 is 1.87 bits per heavy atom. The minimum Gasteiger partial charge on any atom is -0.323 e. The maximum Gasteiger partial charge on any atom is 0.271 e. The number of nitro benzene ring substituents is 1. The van der Waals surface area contributed by atoms with Crippen molar-refractivity contribution >= 4 is 57.3 Å². The van der Waals surface area contributed by atoms with E-state index < -0.39 is 16.1 Å². The highest BCUT2D eigenvalue weighted by molar-refractivity contribution is 8.00. The third-order valence-electron chi connectivity index (χ3n) is 5.77. The second kappa shape index (κ2) is 10.5. The molecule has 0 aliphatic carbocycles. The zero-order valence-corrected chi connectivity index (χ0v) is 21.2. The van der Waals surface area contributed by atoms with Crippen LogP contribution in [0.25, 0.3) is 16.7 Å². The van der Waals surface area contributed by atoms with E-state index in [-0.39, 0.29) is 28.5 Å². The molecule has 190 valence electrons. The normalized spacial score (nSPS) is 11.9. The second-order valence-electron chi connectivity index (χ2n) is 8.16. The molecule has 1 atom stereocenters. The molecule has 0 aliphatic rings. The highest BCUT2D eigenvalue weighted by Crippen LogP contribution is 2.37. The molecule has 1 N–H and O–H groups in total. The number of halogens is 1. The van der Waals surface area contributed by atoms with Crippen LogP contribution in [-0.4, -0.2) is 30.0 Å². The summed E-state index contributed by atoms with van der Waals surface area (Å²) in [6, 6.07) is 20.0. The van der Waals surface area contributed by atoms with Crippen molar-refractivity contribution in [1.82, 2.24) is 19.2 Å². The van der Waals surface area contributed by atoms with Crippen molar-refractivity contribution in [2.24, 2.45) is 0 Å². The summed E-state index contributed by atoms with van der Waals surface area (Å²) in [5.41, 5.74) is 1.12. The summed E-state index contributed by atoms with van der Waals surface area (Å²) in [4.78, 5) is 37.2. The smallest absolute Gasteiger partial charge is 0.271 e. The number of para-hydroxylation sites is 1. The monoisotopic (exact) mass is 546 g/mol. The molecule has 12 heteroatoms. The fourth-order valence-corrected chi connectivity index (χ4v) is 5.29. The molecule has 0 fully saturated rings. The third kappa shape index (κ3) is 4.64. The van der Waals surface area contributed by atoms with Crippen molar-refractivity contribution in [2.45, 2.75) is 17.0 Å². The number of fused-ring (bicyclic) bond motifs is 3. The predicted octanol–water partition coefficient (Wildman–Crippen LogP) is 5.26. The lowest BCUT2D eigenvalue weighted by Gasteiger charge is -2.17. The standard InChI is InChI=1S/C26H19ClN6O4S/c1-2-14-31-24(35)18-10-6-7-11-21(18)32-25(31)29-30-26(32)38-22(16-8-4-3-5-9-16)23(34)28-20-13-12-17(33(36)37)15-19(20)27/h2-13,15,22H,1,14H2,(H,28,34). The van der Waals surface area contributed by atoms with Gasteiger partial charge in [-0.25, -0.2) is 0 Å². The molecule has 1 unspecified atom stereocenters. The minimum absolute atomic E-state index is 0.0386. The molecule has 5 aromatic rings. The van der Waals surface area contributed by atoms with Crippen molar-refractivity contribution in [3.8, 4) is 0 Å². The first-order valence-electron chi connectivity index (χ1n) is 11.3. The van der Waals surface area contributed by atoms with Crippen molar-refractivity contribution < 1.29 is 9.72 Å². The first-order chi connectivity index (χ1) is 18.4. The highest BCUT2D eigenvalue weighted by Gasteiger charge is 2.27. The van der Waals surface area contributed by atoms with Crippen LogP contribution >= 0.6 is 23.4 Å². The zero-order chi connectivity index (χ0) is 26.8. The topological polar surface area (TPSA) is 124 Å². The molecule has 0 spiro atoms. The summed E-state index contributed by atoms with van der Waals surface area (Å²) in [7, 11) is 0. The zero-order valence-electron chi connectivity index (χ0n) is 19.7. The van der Waals surface area contributed by atoms with Gasteiger partial charge in [0.15, 0.2) is 5.16 Å². The van der Waals surface area contributed by atoms with Crippen LogP contribution < -0.4 is 10.9 Å². The van der Waals surface area contributed by atoms with Crippen molar-refractivity contribution in [2.75, 3.05) is 5.32 Å². The van der Waals surface area contributed by atoms with Gasteiger partial charge >= 0.3 is 0 Å². The molecule has 38 heavy (non-hydrogen) atoms. The van der Waals surface area contributed by atoms with Gasteiger partial charge in [0, 0.05) is 18.7 Å². The molecule has 2 heterocycles. The lowest BCUT2D eigenvalue weighted by Crippen LogP contribution is -2.23. The molecule has 10 nitrogen and oxygen atoms in total. The van der Waals surface area contributed by atoms with Gasteiger partial charge in [0.2, 0.25) is 11.7 Å². The summed E-state index contributed by atoms with van der Waals surface area (Å²) in [5.74, 6) is -0.0980. The summed E-state index contributed by atoms with van der Waals surface area (Å²) < 4.78 is 3.22. The summed E-state index contributed by atoms with van der Waals surface area (Å²) >= 11 is 7.38. The summed E-state index contributed by atoms with van der Waals surface area (Å²) in [5, 5.41) is 22.5. The molecule has 1 amide bonds. The Kier molecular flexibility index (Phi) is 6.95. The Hall–Kier alpha value is -4.48. The predicted molar refractivity (Wildman–Crippen MR) is 147 cm³/mol. The van der Waals surface area contributed by atoms with Crippen LogP contribution in [0.2, 0.25) is 5.02 Å². The van der Waals surface area contributed by atoms with Crippen molar-refractivity contribution in [3.05, 3.63) is 117 Å². The Balaban J connectivity index is 1.59. The van der Waals surface area contributed by atoms with Crippen LogP contribution in [0.4, 0.5) is 11.4 Å². The number of benzene rings is 3. The van der Waals surface area contributed by atoms with E-state index >= 15 is 0 Å². The Labute approximate surface area is 224 Å². The molecule has 5 rings (SSSR count). The number of hydrogen-bond acceptors (Lipinski definition) is 7. The SMILES string of the molecule is C=CCn1c(=O)c2ccccc2n2c(SC(C(=O)Nc3ccc([N+](=O)[O-])cc3Cl)c3ccccc3)nnc12. The number of aromatic nitrogens is 4. The first-order valence-corrected chi connectivity index (χ1v) is 12.6. The number of nitrogens with one attached hydrogen (secondary N) is 1. The van der Waals surface area contributed by atoms with Crippen LogP contribution in [0.15, 0.2) is 95.4 Å². The van der Waals surface area contributed by atoms with Gasteiger partial charge in [0.05, 0.1) is 26.5 Å². The molecule has 0 aliphatic heterocycles. The summed E-state index contributed by atoms with van der Waals surface area (Å²) in [6.45, 7) is 3.97. The maximum atomic E-state index is 13.6. The number of nitro groups is 1. The molecule has 3 aromatic carbocycles. The van der Waals surface area contributed by atoms with Gasteiger partial charge in [0.25, 0.3) is 11.2 Å². The largest absolute Gasteiger partial charge is 0.323 e. The molecule has 0 bridgehead atoms. The molecular weight excluding hydrogens is 528 g/mol. The van der Waals surface area contributed by atoms with E-state index in [9.17, 15) is 19.7 Å². The molecule has 0 saturated heterocycles. The fourth-order valence-electron chi connectivity index (χ4n) is 4.03. The second-order valence-corrected chi connectivity index (χ2v) is 9.64. The van der Waals surface area contributed by atoms with Gasteiger partial charge in [-0.2, -0.15) is 0 Å². The third-order valence-corrected chi connectivity index (χ3v) is 7.28. The number of carbonyl (C=O) groups is 1. The number of rotatable bonds is 8. The molecular formula is C26H19ClN6O4S. The van der Waals surface area contributed by atoms with E-state index in [4.69, 9.17) is 11.6 Å². The average Bonchev–Trinajstić information content (AvgIpc) is 3.34. The number of non-ortho nitro benzene ring substituents is 1. The lowest BCUT2D eigenvalue weighted by molar-refractivity contribution is -0.384. The molecule has 0 saturated carbocycles. The van der Waals surface area contributed by atoms with E-state index in [0.717, 1.165) is 11.8 Å². The Morgan fingerprint density at radius 1 is 1.13 bits per heavy atom. The van der Waals surface area contributed by atoms with Crippen LogP contribution in [0.5, 0.6) is 0 Å². The van der Waals surface area contributed by atoms with Gasteiger partial charge in [-0.3, -0.25) is 28.7 Å². The van der Waals surface area contributed by atoms with Gasteiger partial charge in [-0.1, -0.05) is 71.9 Å². The number of nitrogens with zero attached hydrogens (tertiary/aromatic N) is 5. The number of amides is 1. The fraction of sp³-hybridized carbons (Fsp3) is 0.0769. The van der Waals surface area contributed by atoms with Gasteiger partial charge < -0.3 is 5.32 Å². The number of thioether (sulfide) groups is 1. The van der Waals surface area contributed by atoms with Crippen molar-refractivity contribution in [1.29, 1.82) is 0 Å². The van der Waals surface area contributed by atoms with Crippen LogP contribution in [0.1, 0.15) is 10.8 Å². The first kappa shape index (κ1) is 25.2. The van der Waals surface area contributed by atoms with E-state index in [2.05, 4.69) is 22.1 Å². The molecule has 0 radical (unpaired) electrons. The van der Waals surface area contributed by atoms with Crippen LogP contribution in [0, 0.1) is 10.1 Å². The van der Waals surface area contributed by atoms with Gasteiger partial charge in [-0.15, -0.1) is 16.8 Å². The number of carbonyl (C=O) groups excluding carboxylic acids is 1. The quantitative estimate of drug-likeness (QED) is 0.122. The van der Waals surface area contributed by atoms with Crippen molar-refractivity contribution in [3.63, 3.8) is 0 Å². The van der Waals surface area contributed by atoms with Gasteiger partial charge in [-0.05, 0) is 23.8 Å². The van der Waals surface area contributed by atoms with Gasteiger partial charge in [0.1, 0.15) is 5.25 Å². The highest BCUT2D eigenvalue weighted by atomic mass is 35.5. The van der Waals surface area contributed by atoms with E-state index in [0.29, 0.717) is 27.4 Å². The van der Waals surface area contributed by atoms with E-state index in [1.165, 1.54) is 22.8 Å². The Bertz CT molecular complexity index is 1770. The lowest BCUT2D eigenvalue weighted by atomic mass is 10.1. The van der Waals surface area contributed by atoms with E-state index in [1.54, 1.807) is 28.7 Å². The van der Waals surface area contributed by atoms with Crippen LogP contribution in [0.3, 0.4) is 0 Å². The summed E-state index contributed by atoms with van der Waals surface area (Å²) in [6.07, 6.45) is 1.60. The average molecular weight is 547 g/mol. The molecule has 2 aromatic heterocycles. The minimum atomic E-state index is -0.798. The Morgan fingerprint density at radius 3 is 2.58 bits per heavy atom. The van der Waals surface area contributed by atoms with Crippen LogP contribution in [-0.2, 0) is 11.3 Å².